The van der Waals surface area contributed by atoms with Gasteiger partial charge in [0.15, 0.2) is 0 Å². The van der Waals surface area contributed by atoms with Crippen LogP contribution in [0.5, 0.6) is 0 Å². The standard InChI is InChI=1S/C28H15Cl3N2/c29-19-6-10-26-18(13-19)5-9-25(32-26)17-4-8-21-16(12-17)2-1-3-22(21)23-15-28(31)33-27-11-7-20(30)14-24(23)27/h1-15H. The van der Waals surface area contributed by atoms with Crippen molar-refractivity contribution in [2.24, 2.45) is 0 Å². The van der Waals surface area contributed by atoms with Gasteiger partial charge in [0.1, 0.15) is 5.15 Å². The SMILES string of the molecule is Clc1ccc2nc(-c3ccc4c(-c5cc(Cl)nc6ccc(Cl)cc56)cccc4c3)ccc2c1. The van der Waals surface area contributed by atoms with Crippen LogP contribution in [-0.4, -0.2) is 9.97 Å². The maximum atomic E-state index is 6.37. The van der Waals surface area contributed by atoms with Gasteiger partial charge < -0.3 is 0 Å². The van der Waals surface area contributed by atoms with Gasteiger partial charge in [0.2, 0.25) is 0 Å². The highest BCUT2D eigenvalue weighted by atomic mass is 35.5. The molecule has 0 amide bonds. The van der Waals surface area contributed by atoms with Crippen LogP contribution in [0.1, 0.15) is 0 Å². The maximum Gasteiger partial charge on any atom is 0.130 e. The normalized spacial score (nSPS) is 11.5. The monoisotopic (exact) mass is 484 g/mol. The van der Waals surface area contributed by atoms with Gasteiger partial charge in [-0.15, -0.1) is 0 Å². The average Bonchev–Trinajstić information content (AvgIpc) is 2.83. The van der Waals surface area contributed by atoms with Gasteiger partial charge in [0.05, 0.1) is 16.7 Å². The zero-order valence-electron chi connectivity index (χ0n) is 17.2. The minimum atomic E-state index is 0.453. The summed E-state index contributed by atoms with van der Waals surface area (Å²) in [5.41, 5.74) is 5.79. The van der Waals surface area contributed by atoms with Crippen molar-refractivity contribution in [2.45, 2.75) is 0 Å². The van der Waals surface area contributed by atoms with E-state index in [4.69, 9.17) is 39.8 Å². The van der Waals surface area contributed by atoms with E-state index in [0.717, 1.165) is 55.0 Å². The quantitative estimate of drug-likeness (QED) is 0.228. The second-order valence-electron chi connectivity index (χ2n) is 7.93. The Morgan fingerprint density at radius 2 is 1.33 bits per heavy atom. The van der Waals surface area contributed by atoms with Crippen molar-refractivity contribution in [3.8, 4) is 22.4 Å². The van der Waals surface area contributed by atoms with Crippen molar-refractivity contribution in [3.05, 3.63) is 106 Å². The number of pyridine rings is 2. The number of halogens is 3. The van der Waals surface area contributed by atoms with E-state index < -0.39 is 0 Å². The number of fused-ring (bicyclic) bond motifs is 3. The van der Waals surface area contributed by atoms with E-state index in [1.807, 2.05) is 48.5 Å². The molecule has 0 aliphatic carbocycles. The highest BCUT2D eigenvalue weighted by Crippen LogP contribution is 2.37. The number of hydrogen-bond donors (Lipinski definition) is 0. The smallest absolute Gasteiger partial charge is 0.130 e. The largest absolute Gasteiger partial charge is 0.248 e. The molecule has 2 nitrogen and oxygen atoms in total. The average molecular weight is 486 g/mol. The molecule has 2 aromatic heterocycles. The molecule has 0 fully saturated rings. The van der Waals surface area contributed by atoms with Gasteiger partial charge in [0.25, 0.3) is 0 Å². The fourth-order valence-electron chi connectivity index (χ4n) is 4.32. The molecule has 0 atom stereocenters. The van der Waals surface area contributed by atoms with Crippen molar-refractivity contribution in [1.29, 1.82) is 0 Å². The lowest BCUT2D eigenvalue weighted by molar-refractivity contribution is 1.40. The van der Waals surface area contributed by atoms with Crippen molar-refractivity contribution in [3.63, 3.8) is 0 Å². The molecule has 2 heterocycles. The molecule has 0 saturated heterocycles. The Kier molecular flexibility index (Phi) is 4.95. The minimum absolute atomic E-state index is 0.453. The summed E-state index contributed by atoms with van der Waals surface area (Å²) in [7, 11) is 0. The third-order valence-corrected chi connectivity index (χ3v) is 6.52. The molecule has 0 spiro atoms. The topological polar surface area (TPSA) is 25.8 Å². The Hall–Kier alpha value is -3.17. The van der Waals surface area contributed by atoms with E-state index in [0.29, 0.717) is 15.2 Å². The van der Waals surface area contributed by atoms with E-state index in [1.165, 1.54) is 0 Å². The molecule has 0 N–H and O–H groups in total. The van der Waals surface area contributed by atoms with Crippen LogP contribution in [0.3, 0.4) is 0 Å². The minimum Gasteiger partial charge on any atom is -0.248 e. The van der Waals surface area contributed by atoms with Crippen LogP contribution in [0.4, 0.5) is 0 Å². The van der Waals surface area contributed by atoms with Crippen LogP contribution < -0.4 is 0 Å². The van der Waals surface area contributed by atoms with Crippen molar-refractivity contribution < 1.29 is 0 Å². The van der Waals surface area contributed by atoms with Gasteiger partial charge in [-0.1, -0.05) is 71.2 Å². The number of hydrogen-bond acceptors (Lipinski definition) is 2. The summed E-state index contributed by atoms with van der Waals surface area (Å²) in [5.74, 6) is 0. The zero-order chi connectivity index (χ0) is 22.5. The molecular weight excluding hydrogens is 471 g/mol. The molecule has 33 heavy (non-hydrogen) atoms. The van der Waals surface area contributed by atoms with Gasteiger partial charge in [-0.2, -0.15) is 0 Å². The summed E-state index contributed by atoms with van der Waals surface area (Å²) < 4.78 is 0. The van der Waals surface area contributed by atoms with Crippen molar-refractivity contribution in [2.75, 3.05) is 0 Å². The van der Waals surface area contributed by atoms with Crippen molar-refractivity contribution in [1.82, 2.24) is 9.97 Å². The molecule has 4 aromatic carbocycles. The molecule has 6 aromatic rings. The summed E-state index contributed by atoms with van der Waals surface area (Å²) in [6, 6.07) is 30.1. The fourth-order valence-corrected chi connectivity index (χ4v) is 4.88. The van der Waals surface area contributed by atoms with Gasteiger partial charge in [-0.3, -0.25) is 0 Å². The Labute approximate surface area is 205 Å². The van der Waals surface area contributed by atoms with Crippen LogP contribution in [0.15, 0.2) is 91.0 Å². The van der Waals surface area contributed by atoms with Crippen LogP contribution >= 0.6 is 34.8 Å². The van der Waals surface area contributed by atoms with Crippen LogP contribution in [-0.2, 0) is 0 Å². The number of rotatable bonds is 2. The first-order valence-electron chi connectivity index (χ1n) is 10.4. The third kappa shape index (κ3) is 3.71. The number of benzene rings is 4. The first kappa shape index (κ1) is 20.4. The maximum absolute atomic E-state index is 6.37. The molecule has 0 unspecified atom stereocenters. The predicted molar refractivity (Wildman–Crippen MR) is 140 cm³/mol. The summed E-state index contributed by atoms with van der Waals surface area (Å²) in [5, 5.41) is 6.06. The molecule has 5 heteroatoms. The van der Waals surface area contributed by atoms with Crippen molar-refractivity contribution >= 4 is 67.4 Å². The van der Waals surface area contributed by atoms with Crippen LogP contribution in [0.2, 0.25) is 15.2 Å². The van der Waals surface area contributed by atoms with E-state index in [9.17, 15) is 0 Å². The summed E-state index contributed by atoms with van der Waals surface area (Å²) in [4.78, 5) is 9.29. The Morgan fingerprint density at radius 1 is 0.515 bits per heavy atom. The van der Waals surface area contributed by atoms with E-state index in [-0.39, 0.29) is 0 Å². The summed E-state index contributed by atoms with van der Waals surface area (Å²) in [6.07, 6.45) is 0. The fraction of sp³-hybridized carbons (Fsp3) is 0. The molecule has 0 bridgehead atoms. The Balaban J connectivity index is 1.53. The molecule has 6 rings (SSSR count). The molecule has 0 saturated carbocycles. The second-order valence-corrected chi connectivity index (χ2v) is 9.19. The lowest BCUT2D eigenvalue weighted by Gasteiger charge is -2.12. The second kappa shape index (κ2) is 8.00. The number of aromatic nitrogens is 2. The Bertz CT molecular complexity index is 1710. The third-order valence-electron chi connectivity index (χ3n) is 5.86. The van der Waals surface area contributed by atoms with E-state index in [2.05, 4.69) is 47.4 Å². The first-order valence-corrected chi connectivity index (χ1v) is 11.5. The molecule has 0 aliphatic heterocycles. The van der Waals surface area contributed by atoms with Gasteiger partial charge >= 0.3 is 0 Å². The van der Waals surface area contributed by atoms with E-state index >= 15 is 0 Å². The van der Waals surface area contributed by atoms with Crippen LogP contribution in [0, 0.1) is 0 Å². The molecule has 0 aliphatic rings. The Morgan fingerprint density at radius 3 is 2.21 bits per heavy atom. The van der Waals surface area contributed by atoms with Gasteiger partial charge in [-0.25, -0.2) is 9.97 Å². The number of nitrogens with zero attached hydrogens (tertiary/aromatic N) is 2. The van der Waals surface area contributed by atoms with Crippen LogP contribution in [0.25, 0.3) is 55.0 Å². The molecular formula is C28H15Cl3N2. The lowest BCUT2D eigenvalue weighted by Crippen LogP contribution is -1.89. The highest BCUT2D eigenvalue weighted by Gasteiger charge is 2.12. The zero-order valence-corrected chi connectivity index (χ0v) is 19.5. The predicted octanol–water partition coefficient (Wildman–Crippen LogP) is 9.23. The van der Waals surface area contributed by atoms with E-state index in [1.54, 1.807) is 0 Å². The lowest BCUT2D eigenvalue weighted by atomic mass is 9.94. The molecule has 158 valence electrons. The summed E-state index contributed by atoms with van der Waals surface area (Å²) >= 11 is 18.8. The van der Waals surface area contributed by atoms with Gasteiger partial charge in [-0.05, 0) is 76.5 Å². The first-order chi connectivity index (χ1) is 16.0. The van der Waals surface area contributed by atoms with Gasteiger partial charge in [0, 0.05) is 26.4 Å². The highest BCUT2D eigenvalue weighted by molar-refractivity contribution is 6.32. The summed E-state index contributed by atoms with van der Waals surface area (Å²) in [6.45, 7) is 0. The molecule has 0 radical (unpaired) electrons.